The maximum atomic E-state index is 5.83. The van der Waals surface area contributed by atoms with Crippen LogP contribution < -0.4 is 0 Å². The zero-order chi connectivity index (χ0) is 9.42. The zero-order valence-electron chi connectivity index (χ0n) is 6.79. The molecule has 0 atom stereocenters. The number of thiophene rings is 1. The highest BCUT2D eigenvalue weighted by Gasteiger charge is 2.08. The Morgan fingerprint density at radius 2 is 2.15 bits per heavy atom. The summed E-state index contributed by atoms with van der Waals surface area (Å²) in [5.41, 5.74) is 0.988. The number of halogens is 2. The first kappa shape index (κ1) is 9.06. The van der Waals surface area contributed by atoms with Crippen molar-refractivity contribution in [2.45, 2.75) is 0 Å². The molecule has 2 nitrogen and oxygen atoms in total. The van der Waals surface area contributed by atoms with Gasteiger partial charge in [0, 0.05) is 7.05 Å². The van der Waals surface area contributed by atoms with E-state index in [2.05, 4.69) is 4.98 Å². The summed E-state index contributed by atoms with van der Waals surface area (Å²) in [6.45, 7) is 0. The van der Waals surface area contributed by atoms with Gasteiger partial charge in [-0.1, -0.05) is 11.6 Å². The molecule has 0 fully saturated rings. The standard InChI is InChI=1S/C8H6Cl2N2S/c1-12-5(4-11-8(12)10)6-2-3-7(9)13-6/h2-4H,1H3. The molecule has 13 heavy (non-hydrogen) atoms. The topological polar surface area (TPSA) is 17.8 Å². The summed E-state index contributed by atoms with van der Waals surface area (Å²) in [5.74, 6) is 0. The summed E-state index contributed by atoms with van der Waals surface area (Å²) in [5, 5.41) is 0.486. The molecular formula is C8H6Cl2N2S. The lowest BCUT2D eigenvalue weighted by Gasteiger charge is -1.97. The van der Waals surface area contributed by atoms with Gasteiger partial charge in [0.25, 0.3) is 0 Å². The van der Waals surface area contributed by atoms with Gasteiger partial charge in [0.15, 0.2) is 0 Å². The highest BCUT2D eigenvalue weighted by Crippen LogP contribution is 2.31. The second-order valence-corrected chi connectivity index (χ2v) is 4.63. The number of aromatic nitrogens is 2. The Kier molecular flexibility index (Phi) is 2.32. The maximum absolute atomic E-state index is 5.83. The van der Waals surface area contributed by atoms with Crippen LogP contribution in [0.1, 0.15) is 0 Å². The molecule has 68 valence electrons. The minimum Gasteiger partial charge on any atom is -0.317 e. The molecule has 0 aliphatic carbocycles. The third-order valence-electron chi connectivity index (χ3n) is 1.76. The quantitative estimate of drug-likeness (QED) is 0.737. The maximum Gasteiger partial charge on any atom is 0.202 e. The Balaban J connectivity index is 2.52. The molecule has 0 radical (unpaired) electrons. The van der Waals surface area contributed by atoms with Crippen LogP contribution in [0.5, 0.6) is 0 Å². The number of hydrogen-bond donors (Lipinski definition) is 0. The van der Waals surface area contributed by atoms with Crippen molar-refractivity contribution in [3.8, 4) is 10.6 Å². The van der Waals surface area contributed by atoms with Crippen LogP contribution in [-0.2, 0) is 7.05 Å². The molecule has 0 aromatic carbocycles. The summed E-state index contributed by atoms with van der Waals surface area (Å²) >= 11 is 13.1. The van der Waals surface area contributed by atoms with E-state index in [-0.39, 0.29) is 0 Å². The van der Waals surface area contributed by atoms with Gasteiger partial charge in [-0.15, -0.1) is 11.3 Å². The predicted molar refractivity (Wildman–Crippen MR) is 56.5 cm³/mol. The van der Waals surface area contributed by atoms with Crippen molar-refractivity contribution in [3.63, 3.8) is 0 Å². The van der Waals surface area contributed by atoms with Gasteiger partial charge < -0.3 is 4.57 Å². The van der Waals surface area contributed by atoms with Crippen molar-refractivity contribution in [2.24, 2.45) is 7.05 Å². The molecule has 5 heteroatoms. The molecule has 0 aliphatic rings. The Morgan fingerprint density at radius 3 is 2.62 bits per heavy atom. The zero-order valence-corrected chi connectivity index (χ0v) is 9.12. The molecule has 2 aromatic rings. The minimum absolute atomic E-state index is 0.486. The highest BCUT2D eigenvalue weighted by molar-refractivity contribution is 7.19. The summed E-state index contributed by atoms with van der Waals surface area (Å²) < 4.78 is 2.59. The normalized spacial score (nSPS) is 10.7. The van der Waals surface area contributed by atoms with Gasteiger partial charge in [-0.3, -0.25) is 0 Å². The van der Waals surface area contributed by atoms with Crippen LogP contribution in [-0.4, -0.2) is 9.55 Å². The van der Waals surface area contributed by atoms with Crippen molar-refractivity contribution in [2.75, 3.05) is 0 Å². The lowest BCUT2D eigenvalue weighted by Crippen LogP contribution is -1.88. The number of rotatable bonds is 1. The molecule has 0 aliphatic heterocycles. The molecule has 0 spiro atoms. The third-order valence-corrected chi connectivity index (χ3v) is 3.36. The van der Waals surface area contributed by atoms with Gasteiger partial charge in [0.2, 0.25) is 5.28 Å². The Morgan fingerprint density at radius 1 is 1.38 bits per heavy atom. The molecule has 0 N–H and O–H groups in total. The van der Waals surface area contributed by atoms with Crippen molar-refractivity contribution >= 4 is 34.5 Å². The van der Waals surface area contributed by atoms with E-state index in [4.69, 9.17) is 23.2 Å². The molecular weight excluding hydrogens is 227 g/mol. The van der Waals surface area contributed by atoms with Crippen LogP contribution >= 0.6 is 34.5 Å². The minimum atomic E-state index is 0.486. The fraction of sp³-hybridized carbons (Fsp3) is 0.125. The second-order valence-electron chi connectivity index (χ2n) is 2.58. The number of hydrogen-bond acceptors (Lipinski definition) is 2. The Labute approximate surface area is 89.7 Å². The first-order valence-corrected chi connectivity index (χ1v) is 5.18. The van der Waals surface area contributed by atoms with E-state index in [9.17, 15) is 0 Å². The van der Waals surface area contributed by atoms with Crippen LogP contribution in [0.15, 0.2) is 18.3 Å². The fourth-order valence-corrected chi connectivity index (χ4v) is 2.30. The molecule has 2 rings (SSSR count). The largest absolute Gasteiger partial charge is 0.317 e. The first-order valence-electron chi connectivity index (χ1n) is 3.61. The van der Waals surface area contributed by atoms with E-state index >= 15 is 0 Å². The third kappa shape index (κ3) is 1.59. The average molecular weight is 233 g/mol. The van der Waals surface area contributed by atoms with Gasteiger partial charge in [-0.25, -0.2) is 4.98 Å². The van der Waals surface area contributed by atoms with Crippen molar-refractivity contribution in [1.82, 2.24) is 9.55 Å². The van der Waals surface area contributed by atoms with Crippen LogP contribution in [0, 0.1) is 0 Å². The van der Waals surface area contributed by atoms with Gasteiger partial charge in [-0.05, 0) is 23.7 Å². The second kappa shape index (κ2) is 3.33. The van der Waals surface area contributed by atoms with Crippen molar-refractivity contribution in [3.05, 3.63) is 27.9 Å². The van der Waals surface area contributed by atoms with Crippen LogP contribution in [0.3, 0.4) is 0 Å². The fourth-order valence-electron chi connectivity index (χ4n) is 1.07. The molecule has 0 amide bonds. The molecule has 0 saturated heterocycles. The molecule has 2 heterocycles. The van der Waals surface area contributed by atoms with Gasteiger partial charge in [0.05, 0.1) is 21.1 Å². The molecule has 2 aromatic heterocycles. The lowest BCUT2D eigenvalue weighted by molar-refractivity contribution is 0.925. The average Bonchev–Trinajstić information content (AvgIpc) is 2.62. The molecule has 0 unspecified atom stereocenters. The first-order chi connectivity index (χ1) is 6.18. The van der Waals surface area contributed by atoms with Crippen molar-refractivity contribution in [1.29, 1.82) is 0 Å². The van der Waals surface area contributed by atoms with E-state index in [1.165, 1.54) is 11.3 Å². The van der Waals surface area contributed by atoms with E-state index in [0.717, 1.165) is 14.9 Å². The lowest BCUT2D eigenvalue weighted by atomic mass is 10.4. The van der Waals surface area contributed by atoms with Crippen molar-refractivity contribution < 1.29 is 0 Å². The van der Waals surface area contributed by atoms with Gasteiger partial charge in [0.1, 0.15) is 0 Å². The van der Waals surface area contributed by atoms with E-state index in [1.807, 2.05) is 23.7 Å². The Bertz CT molecular complexity index is 433. The van der Waals surface area contributed by atoms with Crippen LogP contribution in [0.4, 0.5) is 0 Å². The van der Waals surface area contributed by atoms with Gasteiger partial charge >= 0.3 is 0 Å². The van der Waals surface area contributed by atoms with E-state index in [0.29, 0.717) is 5.28 Å². The number of nitrogens with zero attached hydrogens (tertiary/aromatic N) is 2. The SMILES string of the molecule is Cn1c(-c2ccc(Cl)s2)cnc1Cl. The van der Waals surface area contributed by atoms with Crippen LogP contribution in [0.2, 0.25) is 9.62 Å². The summed E-state index contributed by atoms with van der Waals surface area (Å²) in [6, 6.07) is 3.82. The summed E-state index contributed by atoms with van der Waals surface area (Å²) in [6.07, 6.45) is 1.74. The summed E-state index contributed by atoms with van der Waals surface area (Å²) in [4.78, 5) is 5.07. The van der Waals surface area contributed by atoms with E-state index < -0.39 is 0 Å². The molecule has 0 saturated carbocycles. The predicted octanol–water partition coefficient (Wildman–Crippen LogP) is 3.46. The monoisotopic (exact) mass is 232 g/mol. The molecule has 0 bridgehead atoms. The van der Waals surface area contributed by atoms with E-state index in [1.54, 1.807) is 6.20 Å². The smallest absolute Gasteiger partial charge is 0.202 e. The van der Waals surface area contributed by atoms with Gasteiger partial charge in [-0.2, -0.15) is 0 Å². The highest BCUT2D eigenvalue weighted by atomic mass is 35.5. The number of imidazole rings is 1. The Hall–Kier alpha value is -0.510. The summed E-state index contributed by atoms with van der Waals surface area (Å²) in [7, 11) is 1.87. The van der Waals surface area contributed by atoms with Crippen LogP contribution in [0.25, 0.3) is 10.6 Å².